The molecule has 10 heteroatoms. The SMILES string of the molecule is CCOC(=O)C1=C(CN2CCN(C(=O)c3cccc(F)c3)[C@@H](C)C2)N(CC)C(=O)N[C@H]1c1cccc(Oc2ccccc2)c1. The largest absolute Gasteiger partial charge is 0.463 e. The van der Waals surface area contributed by atoms with Crippen molar-refractivity contribution in [1.29, 1.82) is 0 Å². The lowest BCUT2D eigenvalue weighted by atomic mass is 9.93. The Morgan fingerprint density at radius 1 is 0.955 bits per heavy atom. The Balaban J connectivity index is 1.43. The first-order valence-electron chi connectivity index (χ1n) is 14.9. The molecular formula is C34H37FN4O5. The predicted octanol–water partition coefficient (Wildman–Crippen LogP) is 5.37. The third kappa shape index (κ3) is 6.75. The Bertz CT molecular complexity index is 1550. The number of urea groups is 1. The topological polar surface area (TPSA) is 91.4 Å². The van der Waals surface area contributed by atoms with Gasteiger partial charge in [0.25, 0.3) is 5.91 Å². The second kappa shape index (κ2) is 13.7. The molecule has 0 spiro atoms. The van der Waals surface area contributed by atoms with Crippen molar-refractivity contribution in [3.8, 4) is 11.5 Å². The van der Waals surface area contributed by atoms with Crippen LogP contribution in [0.25, 0.3) is 0 Å². The van der Waals surface area contributed by atoms with Crippen molar-refractivity contribution in [3.63, 3.8) is 0 Å². The molecule has 5 rings (SSSR count). The summed E-state index contributed by atoms with van der Waals surface area (Å²) in [6, 6.07) is 21.1. The van der Waals surface area contributed by atoms with Gasteiger partial charge in [0.05, 0.1) is 18.2 Å². The van der Waals surface area contributed by atoms with Crippen molar-refractivity contribution in [2.75, 3.05) is 39.3 Å². The van der Waals surface area contributed by atoms with E-state index in [-0.39, 0.29) is 24.6 Å². The van der Waals surface area contributed by atoms with Crippen molar-refractivity contribution in [2.24, 2.45) is 0 Å². The zero-order valence-corrected chi connectivity index (χ0v) is 25.2. The summed E-state index contributed by atoms with van der Waals surface area (Å²) in [7, 11) is 0. The summed E-state index contributed by atoms with van der Waals surface area (Å²) >= 11 is 0. The molecule has 0 aromatic heterocycles. The van der Waals surface area contributed by atoms with Crippen LogP contribution in [-0.4, -0.2) is 78.0 Å². The van der Waals surface area contributed by atoms with Crippen molar-refractivity contribution in [1.82, 2.24) is 20.0 Å². The Labute approximate surface area is 256 Å². The van der Waals surface area contributed by atoms with Crippen LogP contribution in [0.15, 0.2) is 90.1 Å². The second-order valence-corrected chi connectivity index (χ2v) is 10.8. The maximum atomic E-state index is 13.8. The van der Waals surface area contributed by atoms with Crippen LogP contribution in [0.1, 0.15) is 42.7 Å². The first-order chi connectivity index (χ1) is 21.3. The van der Waals surface area contributed by atoms with E-state index in [1.54, 1.807) is 22.8 Å². The van der Waals surface area contributed by atoms with Crippen LogP contribution < -0.4 is 10.1 Å². The monoisotopic (exact) mass is 600 g/mol. The van der Waals surface area contributed by atoms with Crippen LogP contribution in [0.3, 0.4) is 0 Å². The normalized spacial score (nSPS) is 19.0. The fourth-order valence-corrected chi connectivity index (χ4v) is 5.77. The van der Waals surface area contributed by atoms with Crippen molar-refractivity contribution in [2.45, 2.75) is 32.9 Å². The average Bonchev–Trinajstić information content (AvgIpc) is 3.01. The molecule has 0 bridgehead atoms. The summed E-state index contributed by atoms with van der Waals surface area (Å²) < 4.78 is 25.3. The summed E-state index contributed by atoms with van der Waals surface area (Å²) in [4.78, 5) is 45.6. The van der Waals surface area contributed by atoms with Gasteiger partial charge < -0.3 is 19.7 Å². The molecule has 1 N–H and O–H groups in total. The van der Waals surface area contributed by atoms with Crippen LogP contribution in [0.4, 0.5) is 9.18 Å². The highest BCUT2D eigenvalue weighted by Gasteiger charge is 2.39. The molecule has 0 saturated carbocycles. The van der Waals surface area contributed by atoms with Crippen molar-refractivity contribution in [3.05, 3.63) is 107 Å². The summed E-state index contributed by atoms with van der Waals surface area (Å²) in [6.45, 7) is 7.80. The van der Waals surface area contributed by atoms with E-state index in [2.05, 4.69) is 10.2 Å². The van der Waals surface area contributed by atoms with E-state index >= 15 is 0 Å². The smallest absolute Gasteiger partial charge is 0.338 e. The van der Waals surface area contributed by atoms with E-state index < -0.39 is 17.8 Å². The number of para-hydroxylation sites is 1. The van der Waals surface area contributed by atoms with Crippen LogP contribution in [0.2, 0.25) is 0 Å². The number of nitrogens with one attached hydrogen (secondary N) is 1. The van der Waals surface area contributed by atoms with Gasteiger partial charge in [0.2, 0.25) is 0 Å². The van der Waals surface area contributed by atoms with E-state index in [0.29, 0.717) is 66.6 Å². The molecule has 1 saturated heterocycles. The molecule has 1 fully saturated rings. The van der Waals surface area contributed by atoms with Crippen LogP contribution >= 0.6 is 0 Å². The first-order valence-corrected chi connectivity index (χ1v) is 14.9. The number of carbonyl (C=O) groups excluding carboxylic acids is 3. The molecule has 9 nitrogen and oxygen atoms in total. The number of nitrogens with zero attached hydrogens (tertiary/aromatic N) is 3. The number of esters is 1. The highest BCUT2D eigenvalue weighted by atomic mass is 19.1. The Kier molecular flexibility index (Phi) is 9.59. The standard InChI is InChI=1S/C34H37FN4O5/c1-4-38-29(22-37-17-18-39(23(3)21-37)32(40)25-12-9-13-26(35)19-25)30(33(41)43-5-2)31(36-34(38)42)24-11-10-16-28(20-24)44-27-14-7-6-8-15-27/h6-16,19-20,23,31H,4-5,17-18,21-22H2,1-3H3,(H,36,42)/t23-,31-/m0/s1. The minimum atomic E-state index is -0.757. The molecule has 0 radical (unpaired) electrons. The lowest BCUT2D eigenvalue weighted by Gasteiger charge is -2.43. The number of halogens is 1. The number of benzene rings is 3. The zero-order chi connectivity index (χ0) is 31.2. The minimum absolute atomic E-state index is 0.178. The van der Waals surface area contributed by atoms with E-state index in [1.165, 1.54) is 18.2 Å². The van der Waals surface area contributed by atoms with Gasteiger partial charge in [-0.05, 0) is 68.8 Å². The van der Waals surface area contributed by atoms with Crippen molar-refractivity contribution < 1.29 is 28.2 Å². The molecule has 2 aliphatic rings. The van der Waals surface area contributed by atoms with Crippen LogP contribution in [0.5, 0.6) is 11.5 Å². The molecule has 2 atom stereocenters. The molecule has 3 aromatic rings. The van der Waals surface area contributed by atoms with Crippen LogP contribution in [-0.2, 0) is 9.53 Å². The predicted molar refractivity (Wildman–Crippen MR) is 164 cm³/mol. The molecule has 3 aromatic carbocycles. The molecule has 2 heterocycles. The van der Waals surface area contributed by atoms with Gasteiger partial charge in [0.1, 0.15) is 17.3 Å². The minimum Gasteiger partial charge on any atom is -0.463 e. The third-order valence-electron chi connectivity index (χ3n) is 7.84. The number of likely N-dealkylation sites (N-methyl/N-ethyl adjacent to an activating group) is 1. The summed E-state index contributed by atoms with van der Waals surface area (Å²) in [6.07, 6.45) is 0. The van der Waals surface area contributed by atoms with Gasteiger partial charge in [0, 0.05) is 50.0 Å². The summed E-state index contributed by atoms with van der Waals surface area (Å²) in [5.74, 6) is 0.0443. The highest BCUT2D eigenvalue weighted by Crippen LogP contribution is 2.34. The van der Waals surface area contributed by atoms with Crippen LogP contribution in [0, 0.1) is 5.82 Å². The Morgan fingerprint density at radius 3 is 2.41 bits per heavy atom. The molecule has 0 unspecified atom stereocenters. The quantitative estimate of drug-likeness (QED) is 0.332. The molecule has 44 heavy (non-hydrogen) atoms. The fourth-order valence-electron chi connectivity index (χ4n) is 5.77. The van der Waals surface area contributed by atoms with Gasteiger partial charge in [0.15, 0.2) is 0 Å². The number of carbonyl (C=O) groups is 3. The van der Waals surface area contributed by atoms with Gasteiger partial charge in [-0.15, -0.1) is 0 Å². The Hall–Kier alpha value is -4.70. The molecule has 230 valence electrons. The third-order valence-corrected chi connectivity index (χ3v) is 7.84. The van der Waals surface area contributed by atoms with Gasteiger partial charge in [-0.2, -0.15) is 0 Å². The average molecular weight is 601 g/mol. The maximum absolute atomic E-state index is 13.8. The van der Waals surface area contributed by atoms with Crippen molar-refractivity contribution >= 4 is 17.9 Å². The maximum Gasteiger partial charge on any atom is 0.338 e. The number of hydrogen-bond donors (Lipinski definition) is 1. The van der Waals surface area contributed by atoms with E-state index in [1.807, 2.05) is 68.4 Å². The number of rotatable bonds is 9. The van der Waals surface area contributed by atoms with E-state index in [4.69, 9.17) is 9.47 Å². The summed E-state index contributed by atoms with van der Waals surface area (Å²) in [5, 5.41) is 3.01. The van der Waals surface area contributed by atoms with Gasteiger partial charge >= 0.3 is 12.0 Å². The fraction of sp³-hybridized carbons (Fsp3) is 0.324. The lowest BCUT2D eigenvalue weighted by molar-refractivity contribution is -0.139. The van der Waals surface area contributed by atoms with Gasteiger partial charge in [-0.1, -0.05) is 36.4 Å². The molecular weight excluding hydrogens is 563 g/mol. The lowest BCUT2D eigenvalue weighted by Crippen LogP contribution is -2.56. The summed E-state index contributed by atoms with van der Waals surface area (Å²) in [5.41, 5.74) is 1.91. The zero-order valence-electron chi connectivity index (χ0n) is 25.2. The Morgan fingerprint density at radius 2 is 1.70 bits per heavy atom. The van der Waals surface area contributed by atoms with E-state index in [9.17, 15) is 18.8 Å². The molecule has 3 amide bonds. The number of piperazine rings is 1. The number of hydrogen-bond acceptors (Lipinski definition) is 6. The molecule has 0 aliphatic carbocycles. The van der Waals surface area contributed by atoms with E-state index in [0.717, 1.165) is 0 Å². The molecule has 2 aliphatic heterocycles. The first kappa shape index (κ1) is 30.7. The second-order valence-electron chi connectivity index (χ2n) is 10.8. The highest BCUT2D eigenvalue weighted by molar-refractivity contribution is 5.95. The van der Waals surface area contributed by atoms with Gasteiger partial charge in [-0.25, -0.2) is 14.0 Å². The number of ether oxygens (including phenoxy) is 2. The van der Waals surface area contributed by atoms with Gasteiger partial charge in [-0.3, -0.25) is 14.6 Å². The number of amides is 3.